The van der Waals surface area contributed by atoms with E-state index in [0.29, 0.717) is 23.0 Å². The lowest BCUT2D eigenvalue weighted by atomic mass is 9.98. The van der Waals surface area contributed by atoms with E-state index in [2.05, 4.69) is 20.7 Å². The zero-order valence-corrected chi connectivity index (χ0v) is 14.0. The first kappa shape index (κ1) is 16.6. The van der Waals surface area contributed by atoms with Gasteiger partial charge in [-0.1, -0.05) is 29.8 Å². The van der Waals surface area contributed by atoms with E-state index in [0.717, 1.165) is 0 Å². The number of nitrogens with one attached hydrogen (secondary N) is 1. The van der Waals surface area contributed by atoms with Gasteiger partial charge in [0.1, 0.15) is 5.82 Å². The molecule has 1 N–H and O–H groups in total. The van der Waals surface area contributed by atoms with Gasteiger partial charge in [0.2, 0.25) is 10.0 Å². The van der Waals surface area contributed by atoms with Gasteiger partial charge < -0.3 is 0 Å². The molecule has 0 aliphatic rings. The molecule has 1 rings (SSSR count). The Morgan fingerprint density at radius 3 is 2.16 bits per heavy atom. The van der Waals surface area contributed by atoms with Crippen LogP contribution in [0.25, 0.3) is 0 Å². The van der Waals surface area contributed by atoms with E-state index < -0.39 is 15.8 Å². The van der Waals surface area contributed by atoms with Crippen molar-refractivity contribution in [1.29, 1.82) is 0 Å². The topological polar surface area (TPSA) is 46.2 Å². The first-order chi connectivity index (χ1) is 8.59. The average molecular weight is 352 g/mol. The van der Waals surface area contributed by atoms with E-state index in [1.54, 1.807) is 13.8 Å². The van der Waals surface area contributed by atoms with Gasteiger partial charge in [-0.05, 0) is 42.5 Å². The maximum Gasteiger partial charge on any atom is 0.241 e. The Labute approximate surface area is 122 Å². The maximum atomic E-state index is 13.2. The molecular weight excluding hydrogens is 333 g/mol. The monoisotopic (exact) mass is 351 g/mol. The summed E-state index contributed by atoms with van der Waals surface area (Å²) in [5, 5.41) is 0.684. The molecule has 0 unspecified atom stereocenters. The molecule has 0 saturated heterocycles. The van der Waals surface area contributed by atoms with Crippen molar-refractivity contribution in [2.24, 2.45) is 5.41 Å². The van der Waals surface area contributed by atoms with E-state index in [4.69, 9.17) is 0 Å². The molecule has 0 amide bonds. The second-order valence-electron chi connectivity index (χ2n) is 5.49. The lowest BCUT2D eigenvalue weighted by molar-refractivity contribution is 0.420. The molecule has 19 heavy (non-hydrogen) atoms. The summed E-state index contributed by atoms with van der Waals surface area (Å²) in [6, 6.07) is 2.47. The van der Waals surface area contributed by atoms with Gasteiger partial charge in [0.15, 0.2) is 0 Å². The molecule has 3 nitrogen and oxygen atoms in total. The van der Waals surface area contributed by atoms with Crippen molar-refractivity contribution in [2.45, 2.75) is 32.6 Å². The number of hydrogen-bond donors (Lipinski definition) is 1. The lowest BCUT2D eigenvalue weighted by Gasteiger charge is -2.22. The molecule has 0 saturated carbocycles. The molecule has 0 heterocycles. The predicted octanol–water partition coefficient (Wildman–Crippen LogP) is 3.14. The van der Waals surface area contributed by atoms with Crippen LogP contribution in [0.1, 0.15) is 25.0 Å². The highest BCUT2D eigenvalue weighted by Crippen LogP contribution is 2.23. The van der Waals surface area contributed by atoms with Crippen LogP contribution in [0.2, 0.25) is 0 Å². The number of halogens is 2. The van der Waals surface area contributed by atoms with Crippen molar-refractivity contribution in [1.82, 2.24) is 4.72 Å². The molecule has 0 fully saturated rings. The summed E-state index contributed by atoms with van der Waals surface area (Å²) in [7, 11) is -3.62. The molecule has 1 aromatic rings. The fourth-order valence-corrected chi connectivity index (χ4v) is 3.62. The van der Waals surface area contributed by atoms with Gasteiger partial charge in [-0.25, -0.2) is 17.5 Å². The fraction of sp³-hybridized carbons (Fsp3) is 0.538. The van der Waals surface area contributed by atoms with E-state index in [-0.39, 0.29) is 10.3 Å². The smallest absolute Gasteiger partial charge is 0.211 e. The quantitative estimate of drug-likeness (QED) is 0.828. The van der Waals surface area contributed by atoms with Crippen LogP contribution in [0.4, 0.5) is 4.39 Å². The van der Waals surface area contributed by atoms with Crippen molar-refractivity contribution in [2.75, 3.05) is 11.9 Å². The Morgan fingerprint density at radius 1 is 1.26 bits per heavy atom. The molecule has 0 spiro atoms. The van der Waals surface area contributed by atoms with Gasteiger partial charge >= 0.3 is 0 Å². The first-order valence-electron chi connectivity index (χ1n) is 5.91. The normalized spacial score (nSPS) is 12.7. The van der Waals surface area contributed by atoms with Gasteiger partial charge in [-0.3, -0.25) is 0 Å². The van der Waals surface area contributed by atoms with E-state index in [9.17, 15) is 12.8 Å². The largest absolute Gasteiger partial charge is 0.241 e. The van der Waals surface area contributed by atoms with Crippen molar-refractivity contribution < 1.29 is 12.8 Å². The number of alkyl halides is 1. The molecule has 0 aliphatic carbocycles. The molecule has 0 atom stereocenters. The number of rotatable bonds is 5. The third-order valence-corrected chi connectivity index (χ3v) is 6.02. The van der Waals surface area contributed by atoms with Crippen molar-refractivity contribution in [3.63, 3.8) is 0 Å². The summed E-state index contributed by atoms with van der Waals surface area (Å²) in [6.45, 7) is 7.42. The summed E-state index contributed by atoms with van der Waals surface area (Å²) in [5.74, 6) is -0.422. The van der Waals surface area contributed by atoms with Crippen molar-refractivity contribution >= 4 is 26.0 Å². The van der Waals surface area contributed by atoms with Crippen LogP contribution in [0, 0.1) is 25.1 Å². The number of aryl methyl sites for hydroxylation is 2. The highest BCUT2D eigenvalue weighted by atomic mass is 79.9. The number of hydrogen-bond acceptors (Lipinski definition) is 2. The van der Waals surface area contributed by atoms with Gasteiger partial charge in [0, 0.05) is 11.9 Å². The van der Waals surface area contributed by atoms with Crippen LogP contribution in [-0.4, -0.2) is 20.3 Å². The molecule has 108 valence electrons. The van der Waals surface area contributed by atoms with Crippen molar-refractivity contribution in [3.8, 4) is 0 Å². The van der Waals surface area contributed by atoms with Crippen LogP contribution in [0.3, 0.4) is 0 Å². The lowest BCUT2D eigenvalue weighted by Crippen LogP contribution is -2.35. The van der Waals surface area contributed by atoms with Crippen LogP contribution in [0.15, 0.2) is 17.0 Å². The summed E-state index contributed by atoms with van der Waals surface area (Å²) >= 11 is 3.35. The minimum atomic E-state index is -3.62. The second-order valence-corrected chi connectivity index (χ2v) is 7.76. The molecule has 1 aromatic carbocycles. The second kappa shape index (κ2) is 5.89. The molecule has 0 bridgehead atoms. The minimum Gasteiger partial charge on any atom is -0.211 e. The third-order valence-electron chi connectivity index (χ3n) is 2.80. The van der Waals surface area contributed by atoms with Gasteiger partial charge in [-0.15, -0.1) is 0 Å². The Balaban J connectivity index is 3.09. The van der Waals surface area contributed by atoms with Crippen LogP contribution in [0.5, 0.6) is 0 Å². The van der Waals surface area contributed by atoms with Gasteiger partial charge in [-0.2, -0.15) is 0 Å². The zero-order chi connectivity index (χ0) is 14.8. The number of sulfonamides is 1. The molecular formula is C13H19BrFNO2S. The summed E-state index contributed by atoms with van der Waals surface area (Å²) < 4.78 is 40.4. The Morgan fingerprint density at radius 2 is 1.74 bits per heavy atom. The molecule has 0 aromatic heterocycles. The van der Waals surface area contributed by atoms with Gasteiger partial charge in [0.05, 0.1) is 4.90 Å². The molecule has 6 heteroatoms. The van der Waals surface area contributed by atoms with E-state index in [1.165, 1.54) is 12.1 Å². The Bertz CT molecular complexity index is 547. The van der Waals surface area contributed by atoms with Crippen LogP contribution >= 0.6 is 15.9 Å². The average Bonchev–Trinajstić information content (AvgIpc) is 2.25. The molecule has 0 aliphatic heterocycles. The summed E-state index contributed by atoms with van der Waals surface area (Å²) in [5.41, 5.74) is 0.651. The Hall–Kier alpha value is -0.460. The number of benzene rings is 1. The third kappa shape index (κ3) is 4.26. The fourth-order valence-electron chi connectivity index (χ4n) is 1.73. The van der Waals surface area contributed by atoms with Gasteiger partial charge in [0.25, 0.3) is 0 Å². The van der Waals surface area contributed by atoms with Crippen LogP contribution < -0.4 is 4.72 Å². The summed E-state index contributed by atoms with van der Waals surface area (Å²) in [4.78, 5) is 0.166. The maximum absolute atomic E-state index is 13.2. The minimum absolute atomic E-state index is 0.166. The van der Waals surface area contributed by atoms with E-state index in [1.807, 2.05) is 13.8 Å². The molecule has 0 radical (unpaired) electrons. The predicted molar refractivity (Wildman–Crippen MR) is 78.6 cm³/mol. The van der Waals surface area contributed by atoms with E-state index >= 15 is 0 Å². The first-order valence-corrected chi connectivity index (χ1v) is 8.52. The highest BCUT2D eigenvalue weighted by molar-refractivity contribution is 9.09. The highest BCUT2D eigenvalue weighted by Gasteiger charge is 2.24. The van der Waals surface area contributed by atoms with Crippen LogP contribution in [-0.2, 0) is 10.0 Å². The SMILES string of the molecule is Cc1cc(F)cc(C)c1S(=O)(=O)NCC(C)(C)CBr. The van der Waals surface area contributed by atoms with Crippen molar-refractivity contribution in [3.05, 3.63) is 29.1 Å². The Kier molecular flexibility index (Phi) is 5.15. The zero-order valence-electron chi connectivity index (χ0n) is 11.5. The summed E-state index contributed by atoms with van der Waals surface area (Å²) in [6.07, 6.45) is 0. The standard InChI is InChI=1S/C13H19BrFNO2S/c1-9-5-11(15)6-10(2)12(9)19(17,18)16-8-13(3,4)7-14/h5-6,16H,7-8H2,1-4H3.